The van der Waals surface area contributed by atoms with Gasteiger partial charge in [0.25, 0.3) is 5.91 Å². The number of rotatable bonds is 2. The average Bonchev–Trinajstić information content (AvgIpc) is 2.30. The number of nitrogens with zero attached hydrogens (tertiary/aromatic N) is 1. The van der Waals surface area contributed by atoms with Gasteiger partial charge in [-0.15, -0.1) is 0 Å². The van der Waals surface area contributed by atoms with Crippen molar-refractivity contribution >= 4 is 16.7 Å². The lowest BCUT2D eigenvalue weighted by atomic mass is 10.1. The SMILES string of the molecule is CCNC(=O)c1ncc2ccccc2c1C. The van der Waals surface area contributed by atoms with Crippen LogP contribution in [0.15, 0.2) is 30.5 Å². The molecule has 0 aliphatic carbocycles. The molecule has 0 saturated heterocycles. The van der Waals surface area contributed by atoms with Crippen molar-refractivity contribution in [1.82, 2.24) is 10.3 Å². The third-order valence-electron chi connectivity index (χ3n) is 2.61. The van der Waals surface area contributed by atoms with Gasteiger partial charge >= 0.3 is 0 Å². The second-order valence-electron chi connectivity index (χ2n) is 3.68. The fraction of sp³-hybridized carbons (Fsp3) is 0.231. The van der Waals surface area contributed by atoms with E-state index >= 15 is 0 Å². The van der Waals surface area contributed by atoms with Gasteiger partial charge < -0.3 is 5.32 Å². The Morgan fingerprint density at radius 2 is 2.12 bits per heavy atom. The fourth-order valence-electron chi connectivity index (χ4n) is 1.78. The zero-order valence-electron chi connectivity index (χ0n) is 9.45. The summed E-state index contributed by atoms with van der Waals surface area (Å²) in [7, 11) is 0. The van der Waals surface area contributed by atoms with Crippen LogP contribution in [0, 0.1) is 6.92 Å². The summed E-state index contributed by atoms with van der Waals surface area (Å²) in [6, 6.07) is 7.94. The Kier molecular flexibility index (Phi) is 2.86. The molecule has 82 valence electrons. The number of aromatic nitrogens is 1. The van der Waals surface area contributed by atoms with Crippen LogP contribution in [0.1, 0.15) is 23.0 Å². The molecular formula is C13H14N2O. The number of benzene rings is 1. The summed E-state index contributed by atoms with van der Waals surface area (Å²) in [5, 5.41) is 4.91. The summed E-state index contributed by atoms with van der Waals surface area (Å²) >= 11 is 0. The number of hydrogen-bond donors (Lipinski definition) is 1. The van der Waals surface area contributed by atoms with E-state index in [0.717, 1.165) is 16.3 Å². The summed E-state index contributed by atoms with van der Waals surface area (Å²) in [6.07, 6.45) is 1.74. The van der Waals surface area contributed by atoms with E-state index in [1.165, 1.54) is 0 Å². The predicted molar refractivity (Wildman–Crippen MR) is 64.5 cm³/mol. The van der Waals surface area contributed by atoms with Crippen LogP contribution in [0.4, 0.5) is 0 Å². The van der Waals surface area contributed by atoms with Crippen molar-refractivity contribution in [2.24, 2.45) is 0 Å². The highest BCUT2D eigenvalue weighted by Crippen LogP contribution is 2.19. The van der Waals surface area contributed by atoms with Gasteiger partial charge in [0.2, 0.25) is 0 Å². The molecule has 1 amide bonds. The average molecular weight is 214 g/mol. The van der Waals surface area contributed by atoms with Gasteiger partial charge in [0, 0.05) is 18.1 Å². The zero-order valence-corrected chi connectivity index (χ0v) is 9.45. The van der Waals surface area contributed by atoms with E-state index in [4.69, 9.17) is 0 Å². The molecule has 0 spiro atoms. The lowest BCUT2D eigenvalue weighted by Gasteiger charge is -2.07. The maximum atomic E-state index is 11.7. The van der Waals surface area contributed by atoms with E-state index < -0.39 is 0 Å². The fourth-order valence-corrected chi connectivity index (χ4v) is 1.78. The van der Waals surface area contributed by atoms with E-state index in [2.05, 4.69) is 10.3 Å². The molecule has 2 rings (SSSR count). The monoisotopic (exact) mass is 214 g/mol. The number of nitrogens with one attached hydrogen (secondary N) is 1. The summed E-state index contributed by atoms with van der Waals surface area (Å²) in [6.45, 7) is 4.45. The van der Waals surface area contributed by atoms with Crippen molar-refractivity contribution in [3.63, 3.8) is 0 Å². The van der Waals surface area contributed by atoms with Gasteiger partial charge in [-0.25, -0.2) is 0 Å². The molecule has 0 saturated carbocycles. The summed E-state index contributed by atoms with van der Waals surface area (Å²) in [4.78, 5) is 15.9. The molecule has 3 nitrogen and oxygen atoms in total. The topological polar surface area (TPSA) is 42.0 Å². The van der Waals surface area contributed by atoms with Crippen LogP contribution in [0.2, 0.25) is 0 Å². The minimum Gasteiger partial charge on any atom is -0.351 e. The molecule has 0 bridgehead atoms. The third kappa shape index (κ3) is 1.76. The van der Waals surface area contributed by atoms with E-state index in [9.17, 15) is 4.79 Å². The second kappa shape index (κ2) is 4.31. The molecule has 3 heteroatoms. The highest BCUT2D eigenvalue weighted by atomic mass is 16.1. The van der Waals surface area contributed by atoms with E-state index in [0.29, 0.717) is 12.2 Å². The highest BCUT2D eigenvalue weighted by molar-refractivity contribution is 5.99. The van der Waals surface area contributed by atoms with Gasteiger partial charge in [-0.3, -0.25) is 9.78 Å². The standard InChI is InChI=1S/C13H14N2O/c1-3-14-13(16)12-9(2)11-7-5-4-6-10(11)8-15-12/h4-8H,3H2,1-2H3,(H,14,16). The van der Waals surface area contributed by atoms with Gasteiger partial charge in [0.05, 0.1) is 0 Å². The molecule has 0 fully saturated rings. The molecule has 0 aliphatic rings. The summed E-state index contributed by atoms with van der Waals surface area (Å²) < 4.78 is 0. The largest absolute Gasteiger partial charge is 0.351 e. The molecule has 1 N–H and O–H groups in total. The maximum absolute atomic E-state index is 11.7. The Morgan fingerprint density at radius 1 is 1.38 bits per heavy atom. The van der Waals surface area contributed by atoms with Crippen LogP contribution >= 0.6 is 0 Å². The Balaban J connectivity index is 2.56. The molecule has 16 heavy (non-hydrogen) atoms. The van der Waals surface area contributed by atoms with Crippen molar-refractivity contribution < 1.29 is 4.79 Å². The number of carbonyl (C=O) groups excluding carboxylic acids is 1. The predicted octanol–water partition coefficient (Wildman–Crippen LogP) is 2.29. The highest BCUT2D eigenvalue weighted by Gasteiger charge is 2.11. The Bertz CT molecular complexity index is 534. The van der Waals surface area contributed by atoms with Crippen LogP contribution in [-0.2, 0) is 0 Å². The van der Waals surface area contributed by atoms with Crippen molar-refractivity contribution in [2.75, 3.05) is 6.54 Å². The first-order valence-electron chi connectivity index (χ1n) is 5.36. The molecule has 0 radical (unpaired) electrons. The number of amides is 1. The Hall–Kier alpha value is -1.90. The first-order valence-corrected chi connectivity index (χ1v) is 5.36. The van der Waals surface area contributed by atoms with E-state index in [-0.39, 0.29) is 5.91 Å². The summed E-state index contributed by atoms with van der Waals surface area (Å²) in [5.74, 6) is -0.106. The van der Waals surface area contributed by atoms with Crippen LogP contribution in [0.5, 0.6) is 0 Å². The van der Waals surface area contributed by atoms with E-state index in [1.54, 1.807) is 6.20 Å². The van der Waals surface area contributed by atoms with Gasteiger partial charge in [-0.1, -0.05) is 24.3 Å². The first-order chi connectivity index (χ1) is 7.74. The van der Waals surface area contributed by atoms with Crippen molar-refractivity contribution in [3.05, 3.63) is 41.7 Å². The van der Waals surface area contributed by atoms with Crippen molar-refractivity contribution in [2.45, 2.75) is 13.8 Å². The van der Waals surface area contributed by atoms with Crippen LogP contribution in [-0.4, -0.2) is 17.4 Å². The molecule has 1 aromatic heterocycles. The second-order valence-corrected chi connectivity index (χ2v) is 3.68. The Labute approximate surface area is 94.5 Å². The minimum absolute atomic E-state index is 0.106. The minimum atomic E-state index is -0.106. The third-order valence-corrected chi connectivity index (χ3v) is 2.61. The number of hydrogen-bond acceptors (Lipinski definition) is 2. The van der Waals surface area contributed by atoms with Crippen molar-refractivity contribution in [3.8, 4) is 0 Å². The van der Waals surface area contributed by atoms with Gasteiger partial charge in [-0.2, -0.15) is 0 Å². The van der Waals surface area contributed by atoms with Crippen molar-refractivity contribution in [1.29, 1.82) is 0 Å². The number of fused-ring (bicyclic) bond motifs is 1. The number of aryl methyl sites for hydroxylation is 1. The number of carbonyl (C=O) groups is 1. The van der Waals surface area contributed by atoms with Crippen LogP contribution in [0.3, 0.4) is 0 Å². The molecular weight excluding hydrogens is 200 g/mol. The molecule has 0 aliphatic heterocycles. The molecule has 1 aromatic carbocycles. The van der Waals surface area contributed by atoms with Crippen LogP contribution in [0.25, 0.3) is 10.8 Å². The molecule has 1 heterocycles. The van der Waals surface area contributed by atoms with Gasteiger partial charge in [-0.05, 0) is 24.8 Å². The Morgan fingerprint density at radius 3 is 2.88 bits per heavy atom. The van der Waals surface area contributed by atoms with Gasteiger partial charge in [0.1, 0.15) is 5.69 Å². The molecule has 2 aromatic rings. The number of pyridine rings is 1. The van der Waals surface area contributed by atoms with Gasteiger partial charge in [0.15, 0.2) is 0 Å². The maximum Gasteiger partial charge on any atom is 0.270 e. The molecule has 0 atom stereocenters. The smallest absolute Gasteiger partial charge is 0.270 e. The van der Waals surface area contributed by atoms with Crippen LogP contribution < -0.4 is 5.32 Å². The zero-order chi connectivity index (χ0) is 11.5. The molecule has 0 unspecified atom stereocenters. The lowest BCUT2D eigenvalue weighted by molar-refractivity contribution is 0.0950. The normalized spacial score (nSPS) is 10.4. The summed E-state index contributed by atoms with van der Waals surface area (Å²) in [5.41, 5.74) is 1.45. The first kappa shape index (κ1) is 10.6. The quantitative estimate of drug-likeness (QED) is 0.833. The van der Waals surface area contributed by atoms with E-state index in [1.807, 2.05) is 38.1 Å². The lowest BCUT2D eigenvalue weighted by Crippen LogP contribution is -2.24.